The summed E-state index contributed by atoms with van der Waals surface area (Å²) in [5, 5.41) is 45.3. The highest BCUT2D eigenvalue weighted by Crippen LogP contribution is 2.25. The molecule has 0 aromatic rings. The minimum Gasteiger partial charge on any atom is -0.396 e. The van der Waals surface area contributed by atoms with Crippen LogP contribution in [0.2, 0.25) is 0 Å². The summed E-state index contributed by atoms with van der Waals surface area (Å²) in [5.74, 6) is -0.557. The van der Waals surface area contributed by atoms with Crippen LogP contribution in [0, 0.1) is 5.92 Å². The fourth-order valence-corrected chi connectivity index (χ4v) is 1.48. The first-order chi connectivity index (χ1) is 5.57. The molecular weight excluding hydrogens is 164 g/mol. The molecule has 0 amide bonds. The first kappa shape index (κ1) is 9.88. The van der Waals surface area contributed by atoms with E-state index in [0.29, 0.717) is 0 Å². The van der Waals surface area contributed by atoms with Crippen molar-refractivity contribution >= 4 is 0 Å². The second kappa shape index (κ2) is 3.68. The van der Waals surface area contributed by atoms with Gasteiger partial charge in [-0.05, 0) is 6.42 Å². The second-order valence-electron chi connectivity index (χ2n) is 3.22. The minimum atomic E-state index is -1.37. The molecule has 0 radical (unpaired) electrons. The van der Waals surface area contributed by atoms with Crippen LogP contribution in [-0.4, -0.2) is 56.6 Å². The van der Waals surface area contributed by atoms with Crippen molar-refractivity contribution in [2.24, 2.45) is 5.92 Å². The van der Waals surface area contributed by atoms with Gasteiger partial charge in [0, 0.05) is 12.5 Å². The molecule has 1 fully saturated rings. The van der Waals surface area contributed by atoms with Crippen LogP contribution >= 0.6 is 0 Å². The van der Waals surface area contributed by atoms with Crippen molar-refractivity contribution in [3.63, 3.8) is 0 Å². The molecule has 5 nitrogen and oxygen atoms in total. The Balaban J connectivity index is 2.63. The second-order valence-corrected chi connectivity index (χ2v) is 3.22. The molecule has 1 rings (SSSR count). The summed E-state index contributed by atoms with van der Waals surface area (Å²) in [6.45, 7) is -0.304. The molecule has 0 aromatic carbocycles. The maximum Gasteiger partial charge on any atom is 0.109 e. The van der Waals surface area contributed by atoms with Crippen molar-refractivity contribution in [3.05, 3.63) is 0 Å². The lowest BCUT2D eigenvalue weighted by Crippen LogP contribution is -2.54. The normalized spacial score (nSPS) is 49.2. The van der Waals surface area contributed by atoms with E-state index in [-0.39, 0.29) is 13.0 Å². The van der Waals surface area contributed by atoms with Gasteiger partial charge in [0.2, 0.25) is 0 Å². The lowest BCUT2D eigenvalue weighted by atomic mass is 9.81. The smallest absolute Gasteiger partial charge is 0.109 e. The van der Waals surface area contributed by atoms with E-state index in [4.69, 9.17) is 20.4 Å². The molecule has 5 atom stereocenters. The molecule has 0 aliphatic heterocycles. The zero-order valence-corrected chi connectivity index (χ0v) is 6.54. The fraction of sp³-hybridized carbons (Fsp3) is 1.00. The number of aliphatic hydroxyl groups is 5. The number of aliphatic hydroxyl groups excluding tert-OH is 5. The van der Waals surface area contributed by atoms with Gasteiger partial charge in [-0.3, -0.25) is 0 Å². The van der Waals surface area contributed by atoms with Crippen LogP contribution in [0.5, 0.6) is 0 Å². The highest BCUT2D eigenvalue weighted by molar-refractivity contribution is 4.91. The van der Waals surface area contributed by atoms with E-state index < -0.39 is 30.3 Å². The van der Waals surface area contributed by atoms with Crippen molar-refractivity contribution in [2.45, 2.75) is 30.8 Å². The molecule has 0 bridgehead atoms. The third kappa shape index (κ3) is 1.60. The standard InChI is InChI=1S/C7H14O5/c8-2-3-1-4(9)6(11)7(12)5(3)10/h3-12H,1-2H2/t3-,4-,5-,6+,7+/m0/s1. The Kier molecular flexibility index (Phi) is 3.03. The van der Waals surface area contributed by atoms with E-state index in [1.54, 1.807) is 0 Å². The Morgan fingerprint density at radius 2 is 1.50 bits per heavy atom. The van der Waals surface area contributed by atoms with Crippen molar-refractivity contribution in [1.29, 1.82) is 0 Å². The molecule has 0 unspecified atom stereocenters. The zero-order chi connectivity index (χ0) is 9.30. The van der Waals surface area contributed by atoms with Gasteiger partial charge in [0.1, 0.15) is 12.2 Å². The Bertz CT molecular complexity index is 146. The van der Waals surface area contributed by atoms with E-state index in [1.165, 1.54) is 0 Å². The van der Waals surface area contributed by atoms with Crippen LogP contribution in [0.1, 0.15) is 6.42 Å². The molecule has 72 valence electrons. The van der Waals surface area contributed by atoms with Crippen LogP contribution in [0.3, 0.4) is 0 Å². The lowest BCUT2D eigenvalue weighted by molar-refractivity contribution is -0.163. The predicted molar refractivity (Wildman–Crippen MR) is 39.2 cm³/mol. The van der Waals surface area contributed by atoms with Crippen LogP contribution < -0.4 is 0 Å². The Morgan fingerprint density at radius 3 is 2.00 bits per heavy atom. The van der Waals surface area contributed by atoms with Gasteiger partial charge in [-0.1, -0.05) is 0 Å². The van der Waals surface area contributed by atoms with Gasteiger partial charge in [0.15, 0.2) is 0 Å². The Hall–Kier alpha value is -0.200. The molecule has 5 heteroatoms. The van der Waals surface area contributed by atoms with Gasteiger partial charge in [-0.25, -0.2) is 0 Å². The Morgan fingerprint density at radius 1 is 0.917 bits per heavy atom. The Labute approximate surface area is 69.9 Å². The van der Waals surface area contributed by atoms with E-state index in [9.17, 15) is 5.11 Å². The molecular formula is C7H14O5. The topological polar surface area (TPSA) is 101 Å². The molecule has 0 heterocycles. The number of hydrogen-bond acceptors (Lipinski definition) is 5. The maximum atomic E-state index is 9.24. The summed E-state index contributed by atoms with van der Waals surface area (Å²) in [6.07, 6.45) is -4.81. The minimum absolute atomic E-state index is 0.107. The quantitative estimate of drug-likeness (QED) is 0.304. The van der Waals surface area contributed by atoms with Crippen molar-refractivity contribution in [2.75, 3.05) is 6.61 Å². The molecule has 1 aliphatic rings. The molecule has 1 aliphatic carbocycles. The molecule has 1 saturated carbocycles. The van der Waals surface area contributed by atoms with E-state index in [2.05, 4.69) is 0 Å². The summed E-state index contributed by atoms with van der Waals surface area (Å²) < 4.78 is 0. The molecule has 5 N–H and O–H groups in total. The molecule has 0 aromatic heterocycles. The van der Waals surface area contributed by atoms with Crippen LogP contribution in [0.25, 0.3) is 0 Å². The number of hydrogen-bond donors (Lipinski definition) is 5. The van der Waals surface area contributed by atoms with Crippen LogP contribution in [0.15, 0.2) is 0 Å². The van der Waals surface area contributed by atoms with Gasteiger partial charge >= 0.3 is 0 Å². The average Bonchev–Trinajstić information content (AvgIpc) is 2.08. The summed E-state index contributed by atoms with van der Waals surface area (Å²) in [7, 11) is 0. The molecule has 0 saturated heterocycles. The summed E-state index contributed by atoms with van der Waals surface area (Å²) in [5.41, 5.74) is 0. The predicted octanol–water partition coefficient (Wildman–Crippen LogP) is -2.56. The van der Waals surface area contributed by atoms with Crippen molar-refractivity contribution in [1.82, 2.24) is 0 Å². The van der Waals surface area contributed by atoms with Gasteiger partial charge in [-0.2, -0.15) is 0 Å². The maximum absolute atomic E-state index is 9.24. The molecule has 12 heavy (non-hydrogen) atoms. The fourth-order valence-electron chi connectivity index (χ4n) is 1.48. The lowest BCUT2D eigenvalue weighted by Gasteiger charge is -2.37. The third-order valence-electron chi connectivity index (χ3n) is 2.36. The first-order valence-electron chi connectivity index (χ1n) is 3.91. The molecule has 0 spiro atoms. The van der Waals surface area contributed by atoms with E-state index >= 15 is 0 Å². The van der Waals surface area contributed by atoms with E-state index in [0.717, 1.165) is 0 Å². The van der Waals surface area contributed by atoms with E-state index in [1.807, 2.05) is 0 Å². The highest BCUT2D eigenvalue weighted by Gasteiger charge is 2.41. The average molecular weight is 178 g/mol. The summed E-state index contributed by atoms with van der Waals surface area (Å²) in [6, 6.07) is 0. The highest BCUT2D eigenvalue weighted by atomic mass is 16.4. The van der Waals surface area contributed by atoms with Crippen molar-refractivity contribution in [3.8, 4) is 0 Å². The SMILES string of the molecule is OC[C@@H]1C[C@H](O)[C@@H](O)[C@H](O)[C@H]1O. The monoisotopic (exact) mass is 178 g/mol. The summed E-state index contributed by atoms with van der Waals surface area (Å²) in [4.78, 5) is 0. The van der Waals surface area contributed by atoms with Gasteiger partial charge in [-0.15, -0.1) is 0 Å². The van der Waals surface area contributed by atoms with Crippen molar-refractivity contribution < 1.29 is 25.5 Å². The van der Waals surface area contributed by atoms with Crippen LogP contribution in [-0.2, 0) is 0 Å². The van der Waals surface area contributed by atoms with Gasteiger partial charge in [0.05, 0.1) is 12.2 Å². The van der Waals surface area contributed by atoms with Gasteiger partial charge in [0.25, 0.3) is 0 Å². The van der Waals surface area contributed by atoms with Crippen LogP contribution in [0.4, 0.5) is 0 Å². The first-order valence-corrected chi connectivity index (χ1v) is 3.91. The third-order valence-corrected chi connectivity index (χ3v) is 2.36. The largest absolute Gasteiger partial charge is 0.396 e. The number of rotatable bonds is 1. The van der Waals surface area contributed by atoms with Gasteiger partial charge < -0.3 is 25.5 Å². The summed E-state index contributed by atoms with van der Waals surface area (Å²) >= 11 is 0. The zero-order valence-electron chi connectivity index (χ0n) is 6.54.